The minimum Gasteiger partial charge on any atom is -0.352 e. The molecule has 0 aromatic carbocycles. The van der Waals surface area contributed by atoms with Crippen molar-refractivity contribution < 1.29 is 4.79 Å². The first-order valence-corrected chi connectivity index (χ1v) is 5.76. The van der Waals surface area contributed by atoms with Gasteiger partial charge in [-0.1, -0.05) is 41.0 Å². The van der Waals surface area contributed by atoms with Crippen molar-refractivity contribution in [3.05, 3.63) is 0 Å². The van der Waals surface area contributed by atoms with Crippen LogP contribution in [0.15, 0.2) is 0 Å². The van der Waals surface area contributed by atoms with Gasteiger partial charge in [0, 0.05) is 6.04 Å². The average molecular weight is 214 g/mol. The third-order valence-electron chi connectivity index (χ3n) is 3.22. The maximum atomic E-state index is 11.8. The predicted octanol–water partition coefficient (Wildman–Crippen LogP) is 1.91. The van der Waals surface area contributed by atoms with Crippen molar-refractivity contribution in [2.45, 2.75) is 60.0 Å². The fourth-order valence-corrected chi connectivity index (χ4v) is 1.04. The number of nitrogens with one attached hydrogen (secondary N) is 1. The predicted molar refractivity (Wildman–Crippen MR) is 64.5 cm³/mol. The van der Waals surface area contributed by atoms with E-state index in [4.69, 9.17) is 5.73 Å². The molecule has 0 aliphatic rings. The zero-order valence-electron chi connectivity index (χ0n) is 10.9. The second kappa shape index (κ2) is 5.50. The first kappa shape index (κ1) is 14.4. The lowest BCUT2D eigenvalue weighted by Gasteiger charge is -2.30. The molecule has 3 nitrogen and oxygen atoms in total. The monoisotopic (exact) mass is 214 g/mol. The second-order valence-electron chi connectivity index (χ2n) is 5.51. The van der Waals surface area contributed by atoms with Crippen LogP contribution in [0.5, 0.6) is 0 Å². The van der Waals surface area contributed by atoms with E-state index < -0.39 is 0 Å². The number of nitrogens with two attached hydrogens (primary N) is 1. The van der Waals surface area contributed by atoms with Gasteiger partial charge in [0.15, 0.2) is 0 Å². The van der Waals surface area contributed by atoms with Gasteiger partial charge in [0.2, 0.25) is 5.91 Å². The summed E-state index contributed by atoms with van der Waals surface area (Å²) in [5.74, 6) is 0.198. The van der Waals surface area contributed by atoms with Crippen LogP contribution in [0.4, 0.5) is 0 Å². The lowest BCUT2D eigenvalue weighted by molar-refractivity contribution is -0.124. The van der Waals surface area contributed by atoms with Gasteiger partial charge < -0.3 is 11.1 Å². The van der Waals surface area contributed by atoms with E-state index in [1.165, 1.54) is 0 Å². The zero-order chi connectivity index (χ0) is 12.2. The molecule has 3 atom stereocenters. The van der Waals surface area contributed by atoms with Gasteiger partial charge in [-0.3, -0.25) is 4.79 Å². The fourth-order valence-electron chi connectivity index (χ4n) is 1.04. The molecule has 1 amide bonds. The van der Waals surface area contributed by atoms with Gasteiger partial charge >= 0.3 is 0 Å². The van der Waals surface area contributed by atoms with E-state index >= 15 is 0 Å². The molecule has 0 spiro atoms. The van der Waals surface area contributed by atoms with Gasteiger partial charge in [-0.05, 0) is 18.3 Å². The van der Waals surface area contributed by atoms with Gasteiger partial charge in [-0.15, -0.1) is 0 Å². The van der Waals surface area contributed by atoms with Gasteiger partial charge in [0.05, 0.1) is 6.04 Å². The summed E-state index contributed by atoms with van der Waals surface area (Å²) >= 11 is 0. The van der Waals surface area contributed by atoms with Crippen LogP contribution >= 0.6 is 0 Å². The molecule has 3 N–H and O–H groups in total. The number of rotatable bonds is 4. The van der Waals surface area contributed by atoms with Crippen molar-refractivity contribution in [2.75, 3.05) is 0 Å². The van der Waals surface area contributed by atoms with E-state index in [0.29, 0.717) is 0 Å². The van der Waals surface area contributed by atoms with E-state index in [1.54, 1.807) is 0 Å². The Labute approximate surface area is 93.8 Å². The van der Waals surface area contributed by atoms with Crippen molar-refractivity contribution >= 4 is 5.91 Å². The summed E-state index contributed by atoms with van der Waals surface area (Å²) in [6.45, 7) is 12.4. The Morgan fingerprint density at radius 3 is 2.13 bits per heavy atom. The van der Waals surface area contributed by atoms with Crippen LogP contribution in [0.1, 0.15) is 48.0 Å². The number of amides is 1. The van der Waals surface area contributed by atoms with Crippen molar-refractivity contribution in [2.24, 2.45) is 17.1 Å². The molecule has 0 aromatic heterocycles. The lowest BCUT2D eigenvalue weighted by Crippen LogP contribution is -2.50. The van der Waals surface area contributed by atoms with Crippen molar-refractivity contribution in [3.8, 4) is 0 Å². The Morgan fingerprint density at radius 1 is 1.33 bits per heavy atom. The molecule has 0 bridgehead atoms. The van der Waals surface area contributed by atoms with Crippen molar-refractivity contribution in [3.63, 3.8) is 0 Å². The van der Waals surface area contributed by atoms with Crippen LogP contribution in [0.3, 0.4) is 0 Å². The quantitative estimate of drug-likeness (QED) is 0.751. The molecule has 3 unspecified atom stereocenters. The first-order valence-electron chi connectivity index (χ1n) is 5.76. The minimum atomic E-state index is -0.389. The number of hydrogen-bond acceptors (Lipinski definition) is 2. The average Bonchev–Trinajstić information content (AvgIpc) is 2.13. The zero-order valence-corrected chi connectivity index (χ0v) is 10.9. The molecule has 0 saturated heterocycles. The molecule has 3 heteroatoms. The normalized spacial score (nSPS) is 18.1. The third-order valence-corrected chi connectivity index (χ3v) is 3.22. The molecule has 0 aliphatic heterocycles. The first-order chi connectivity index (χ1) is 6.70. The smallest absolute Gasteiger partial charge is 0.237 e. The Morgan fingerprint density at radius 2 is 1.80 bits per heavy atom. The maximum absolute atomic E-state index is 11.8. The Kier molecular flexibility index (Phi) is 5.29. The van der Waals surface area contributed by atoms with Crippen LogP contribution in [0, 0.1) is 11.3 Å². The summed E-state index contributed by atoms with van der Waals surface area (Å²) in [5, 5.41) is 2.97. The van der Waals surface area contributed by atoms with Gasteiger partial charge in [0.1, 0.15) is 0 Å². The largest absolute Gasteiger partial charge is 0.352 e. The minimum absolute atomic E-state index is 0.0354. The van der Waals surface area contributed by atoms with Gasteiger partial charge in [0.25, 0.3) is 0 Å². The van der Waals surface area contributed by atoms with Crippen LogP contribution in [0.2, 0.25) is 0 Å². The highest BCUT2D eigenvalue weighted by Gasteiger charge is 2.25. The maximum Gasteiger partial charge on any atom is 0.237 e. The third kappa shape index (κ3) is 4.65. The summed E-state index contributed by atoms with van der Waals surface area (Å²) in [6.07, 6.45) is 0.929. The lowest BCUT2D eigenvalue weighted by atomic mass is 9.87. The van der Waals surface area contributed by atoms with Gasteiger partial charge in [-0.2, -0.15) is 0 Å². The highest BCUT2D eigenvalue weighted by atomic mass is 16.2. The summed E-state index contributed by atoms with van der Waals surface area (Å²) in [4.78, 5) is 11.8. The summed E-state index contributed by atoms with van der Waals surface area (Å²) in [7, 11) is 0. The highest BCUT2D eigenvalue weighted by Crippen LogP contribution is 2.18. The van der Waals surface area contributed by atoms with E-state index in [9.17, 15) is 4.79 Å². The van der Waals surface area contributed by atoms with Gasteiger partial charge in [-0.25, -0.2) is 0 Å². The molecule has 0 aromatic rings. The molecule has 0 fully saturated rings. The topological polar surface area (TPSA) is 55.1 Å². The fraction of sp³-hybridized carbons (Fsp3) is 0.917. The summed E-state index contributed by atoms with van der Waals surface area (Å²) in [6, 6.07) is -0.250. The molecule has 0 saturated carbocycles. The van der Waals surface area contributed by atoms with Crippen molar-refractivity contribution in [1.82, 2.24) is 5.32 Å². The molecular formula is C12H26N2O. The van der Waals surface area contributed by atoms with Crippen molar-refractivity contribution in [1.29, 1.82) is 0 Å². The summed E-state index contributed by atoms with van der Waals surface area (Å²) < 4.78 is 0. The van der Waals surface area contributed by atoms with E-state index in [2.05, 4.69) is 26.1 Å². The Balaban J connectivity index is 4.25. The molecule has 0 aliphatic carbocycles. The molecule has 15 heavy (non-hydrogen) atoms. The highest BCUT2D eigenvalue weighted by molar-refractivity contribution is 5.82. The van der Waals surface area contributed by atoms with Crippen LogP contribution in [-0.2, 0) is 4.79 Å². The van der Waals surface area contributed by atoms with Crippen LogP contribution in [-0.4, -0.2) is 18.0 Å². The number of carbonyl (C=O) groups is 1. The Bertz CT molecular complexity index is 208. The van der Waals surface area contributed by atoms with Crippen LogP contribution < -0.4 is 11.1 Å². The standard InChI is InChI=1S/C12H26N2O/c1-7-8(2)10(13)11(15)14-9(3)12(4,5)6/h8-10H,7,13H2,1-6H3,(H,14,15). The number of carbonyl (C=O) groups excluding carboxylic acids is 1. The molecule has 0 radical (unpaired) electrons. The molecular weight excluding hydrogens is 188 g/mol. The van der Waals surface area contributed by atoms with E-state index in [1.807, 2.05) is 20.8 Å². The molecule has 0 rings (SSSR count). The van der Waals surface area contributed by atoms with Crippen LogP contribution in [0.25, 0.3) is 0 Å². The molecule has 90 valence electrons. The molecule has 0 heterocycles. The Hall–Kier alpha value is -0.570. The SMILES string of the molecule is CCC(C)C(N)C(=O)NC(C)C(C)(C)C. The second-order valence-corrected chi connectivity index (χ2v) is 5.51. The van der Waals surface area contributed by atoms with E-state index in [-0.39, 0.29) is 29.3 Å². The number of hydrogen-bond donors (Lipinski definition) is 2. The summed E-state index contributed by atoms with van der Waals surface area (Å²) in [5.41, 5.74) is 5.93. The van der Waals surface area contributed by atoms with E-state index in [0.717, 1.165) is 6.42 Å².